The van der Waals surface area contributed by atoms with E-state index < -0.39 is 8.32 Å². The summed E-state index contributed by atoms with van der Waals surface area (Å²) in [6.07, 6.45) is 2.52. The van der Waals surface area contributed by atoms with Crippen molar-refractivity contribution in [3.05, 3.63) is 6.61 Å². The van der Waals surface area contributed by atoms with Crippen molar-refractivity contribution in [2.24, 2.45) is 0 Å². The minimum atomic E-state index is -1.36. The smallest absolute Gasteiger partial charge is 0.256 e. The number of ether oxygens (including phenoxy) is 1. The van der Waals surface area contributed by atoms with Crippen LogP contribution in [-0.2, 0) is 9.16 Å². The van der Waals surface area contributed by atoms with E-state index in [4.69, 9.17) is 9.16 Å². The second kappa shape index (κ2) is 3.60. The fourth-order valence-electron chi connectivity index (χ4n) is 1.15. The van der Waals surface area contributed by atoms with Crippen molar-refractivity contribution in [3.8, 4) is 0 Å². The highest BCUT2D eigenvalue weighted by molar-refractivity contribution is 6.69. The van der Waals surface area contributed by atoms with Crippen LogP contribution in [0.3, 0.4) is 0 Å². The van der Waals surface area contributed by atoms with Crippen molar-refractivity contribution in [1.82, 2.24) is 0 Å². The third kappa shape index (κ3) is 3.79. The van der Waals surface area contributed by atoms with Crippen LogP contribution in [0.5, 0.6) is 0 Å². The van der Waals surface area contributed by atoms with Crippen LogP contribution in [0.2, 0.25) is 19.6 Å². The average molecular weight is 173 g/mol. The van der Waals surface area contributed by atoms with Crippen molar-refractivity contribution in [2.75, 3.05) is 6.61 Å². The number of rotatable bonds is 2. The lowest BCUT2D eigenvalue weighted by molar-refractivity contribution is 0.0558. The van der Waals surface area contributed by atoms with Gasteiger partial charge in [0.1, 0.15) is 0 Å². The Morgan fingerprint density at radius 3 is 2.64 bits per heavy atom. The number of hydrogen-bond donors (Lipinski definition) is 0. The van der Waals surface area contributed by atoms with E-state index in [0.717, 1.165) is 19.4 Å². The Kier molecular flexibility index (Phi) is 2.98. The summed E-state index contributed by atoms with van der Waals surface area (Å²) in [7, 11) is -1.36. The van der Waals surface area contributed by atoms with Crippen LogP contribution in [-0.4, -0.2) is 21.0 Å². The second-order valence-corrected chi connectivity index (χ2v) is 8.38. The van der Waals surface area contributed by atoms with E-state index >= 15 is 0 Å². The van der Waals surface area contributed by atoms with Crippen LogP contribution in [0.4, 0.5) is 0 Å². The van der Waals surface area contributed by atoms with Crippen molar-refractivity contribution in [2.45, 2.75) is 38.6 Å². The van der Waals surface area contributed by atoms with Gasteiger partial charge in [-0.1, -0.05) is 0 Å². The maximum atomic E-state index is 5.84. The van der Waals surface area contributed by atoms with E-state index in [1.54, 1.807) is 0 Å². The van der Waals surface area contributed by atoms with Gasteiger partial charge in [-0.3, -0.25) is 0 Å². The van der Waals surface area contributed by atoms with Crippen LogP contribution in [0.15, 0.2) is 0 Å². The molecule has 11 heavy (non-hydrogen) atoms. The zero-order valence-electron chi connectivity index (χ0n) is 7.59. The van der Waals surface area contributed by atoms with Crippen LogP contribution >= 0.6 is 0 Å². The fourth-order valence-corrected chi connectivity index (χ4v) is 2.23. The summed E-state index contributed by atoms with van der Waals surface area (Å²) >= 11 is 0. The van der Waals surface area contributed by atoms with Crippen LogP contribution in [0.25, 0.3) is 0 Å². The van der Waals surface area contributed by atoms with Gasteiger partial charge in [0.2, 0.25) is 6.10 Å². The molecule has 0 aromatic carbocycles. The second-order valence-electron chi connectivity index (χ2n) is 3.92. The third-order valence-electron chi connectivity index (χ3n) is 1.50. The number of hydrogen-bond acceptors (Lipinski definition) is 2. The lowest BCUT2D eigenvalue weighted by Gasteiger charge is -2.22. The van der Waals surface area contributed by atoms with Crippen LogP contribution < -0.4 is 0 Å². The summed E-state index contributed by atoms with van der Waals surface area (Å²) in [4.78, 5) is 0. The molecule has 1 saturated heterocycles. The molecule has 0 unspecified atom stereocenters. The maximum absolute atomic E-state index is 5.84. The largest absolute Gasteiger partial charge is 0.377 e. The molecule has 1 heterocycles. The first-order valence-corrected chi connectivity index (χ1v) is 7.61. The van der Waals surface area contributed by atoms with Gasteiger partial charge in [0, 0.05) is 6.42 Å². The van der Waals surface area contributed by atoms with Gasteiger partial charge in [-0.2, -0.15) is 4.74 Å². The molecule has 0 aromatic heterocycles. The Labute approximate surface area is 70.0 Å². The highest BCUT2D eigenvalue weighted by Crippen LogP contribution is 2.17. The first kappa shape index (κ1) is 9.10. The van der Waals surface area contributed by atoms with Gasteiger partial charge in [-0.25, -0.2) is 0 Å². The molecule has 1 fully saturated rings. The molecular formula is C8H17O2Si+. The zero-order chi connectivity index (χ0) is 8.32. The molecule has 1 aliphatic heterocycles. The summed E-state index contributed by atoms with van der Waals surface area (Å²) in [5.74, 6) is 0. The molecule has 64 valence electrons. The Hall–Kier alpha value is 0.00688. The quantitative estimate of drug-likeness (QED) is 0.471. The minimum absolute atomic E-state index is 0.260. The van der Waals surface area contributed by atoms with Crippen LogP contribution in [0.1, 0.15) is 12.8 Å². The van der Waals surface area contributed by atoms with Crippen molar-refractivity contribution in [3.63, 3.8) is 0 Å². The van der Waals surface area contributed by atoms with Gasteiger partial charge in [-0.05, 0) is 26.1 Å². The highest BCUT2D eigenvalue weighted by atomic mass is 28.4. The van der Waals surface area contributed by atoms with Gasteiger partial charge in [0.15, 0.2) is 8.32 Å². The van der Waals surface area contributed by atoms with E-state index in [1.807, 2.05) is 6.61 Å². The third-order valence-corrected chi connectivity index (χ3v) is 2.51. The molecular weight excluding hydrogens is 156 g/mol. The fraction of sp³-hybridized carbons (Fsp3) is 0.875. The Morgan fingerprint density at radius 1 is 1.45 bits per heavy atom. The Bertz CT molecular complexity index is 114. The molecule has 2 nitrogen and oxygen atoms in total. The molecule has 3 heteroatoms. The van der Waals surface area contributed by atoms with Crippen LogP contribution in [0, 0.1) is 6.61 Å². The highest BCUT2D eigenvalue weighted by Gasteiger charge is 2.29. The molecule has 1 atom stereocenters. The lowest BCUT2D eigenvalue weighted by Crippen LogP contribution is -2.34. The Morgan fingerprint density at radius 2 is 2.18 bits per heavy atom. The van der Waals surface area contributed by atoms with E-state index in [-0.39, 0.29) is 6.10 Å². The lowest BCUT2D eigenvalue weighted by atomic mass is 10.2. The van der Waals surface area contributed by atoms with Crippen molar-refractivity contribution < 1.29 is 9.16 Å². The summed E-state index contributed by atoms with van der Waals surface area (Å²) in [5, 5.41) is 0. The SMILES string of the molecule is C[Si](C)(C)O[C@H]1[CH+]OCCC1. The molecule has 0 bridgehead atoms. The molecule has 0 spiro atoms. The zero-order valence-corrected chi connectivity index (χ0v) is 8.59. The van der Waals surface area contributed by atoms with E-state index in [0.29, 0.717) is 0 Å². The Balaban J connectivity index is 2.24. The monoisotopic (exact) mass is 173 g/mol. The normalized spacial score (nSPS) is 26.3. The molecule has 1 aliphatic rings. The minimum Gasteiger partial charge on any atom is -0.377 e. The molecule has 0 amide bonds. The van der Waals surface area contributed by atoms with Gasteiger partial charge >= 0.3 is 0 Å². The van der Waals surface area contributed by atoms with Gasteiger partial charge in [0.25, 0.3) is 6.61 Å². The molecule has 0 aliphatic carbocycles. The van der Waals surface area contributed by atoms with Crippen molar-refractivity contribution in [1.29, 1.82) is 0 Å². The van der Waals surface area contributed by atoms with Gasteiger partial charge in [0.05, 0.1) is 6.61 Å². The van der Waals surface area contributed by atoms with E-state index in [2.05, 4.69) is 19.6 Å². The first-order chi connectivity index (χ1) is 5.08. The van der Waals surface area contributed by atoms with E-state index in [9.17, 15) is 0 Å². The topological polar surface area (TPSA) is 18.5 Å². The summed E-state index contributed by atoms with van der Waals surface area (Å²) in [6, 6.07) is 0. The predicted octanol–water partition coefficient (Wildman–Crippen LogP) is 2.18. The molecule has 1 rings (SSSR count). The van der Waals surface area contributed by atoms with Gasteiger partial charge in [-0.15, -0.1) is 0 Å². The summed E-state index contributed by atoms with van der Waals surface area (Å²) < 4.78 is 11.0. The maximum Gasteiger partial charge on any atom is 0.256 e. The molecule has 0 N–H and O–H groups in total. The molecule has 0 radical (unpaired) electrons. The summed E-state index contributed by atoms with van der Waals surface area (Å²) in [5.41, 5.74) is 0. The first-order valence-electron chi connectivity index (χ1n) is 4.21. The predicted molar refractivity (Wildman–Crippen MR) is 47.7 cm³/mol. The van der Waals surface area contributed by atoms with E-state index in [1.165, 1.54) is 0 Å². The standard InChI is InChI=1S/C8H17O2Si/c1-11(2,3)10-8-5-4-6-9-7-8/h7-8H,4-6H2,1-3H3/q+1/t8-/m1/s1. The molecule has 0 saturated carbocycles. The van der Waals surface area contributed by atoms with Crippen molar-refractivity contribution >= 4 is 8.32 Å². The molecule has 0 aromatic rings. The average Bonchev–Trinajstić information content (AvgIpc) is 1.85. The summed E-state index contributed by atoms with van der Waals surface area (Å²) in [6.45, 7) is 9.33. The van der Waals surface area contributed by atoms with Gasteiger partial charge < -0.3 is 4.43 Å².